The summed E-state index contributed by atoms with van der Waals surface area (Å²) in [6.07, 6.45) is 0. The lowest BCUT2D eigenvalue weighted by Crippen LogP contribution is -2.12. The van der Waals surface area contributed by atoms with Gasteiger partial charge in [-0.25, -0.2) is 0 Å². The Morgan fingerprint density at radius 2 is 0.745 bits per heavy atom. The Balaban J connectivity index is 1.46. The molecular weight excluding hydrogens is 571 g/mol. The van der Waals surface area contributed by atoms with E-state index in [0.717, 1.165) is 39.5 Å². The van der Waals surface area contributed by atoms with Crippen LogP contribution in [0.2, 0.25) is 0 Å². The summed E-state index contributed by atoms with van der Waals surface area (Å²) in [5, 5.41) is 16.6. The standard InChI is InChI=1S/C44H31N3/c1-31-20-24-35(25-21-31)46(33-12-4-2-5-13-33)43-28-41-38-17-9-11-19-40(38)44(29-42(41)37-16-8-10-18-39(37)43)47(34-14-6-3-7-15-34)36-26-22-32(30-45)23-27-36/h2-29H,1H3. The van der Waals surface area contributed by atoms with Gasteiger partial charge in [-0.05, 0) is 101 Å². The van der Waals surface area contributed by atoms with Crippen molar-refractivity contribution >= 4 is 66.4 Å². The third-order valence-electron chi connectivity index (χ3n) is 8.90. The number of anilines is 6. The van der Waals surface area contributed by atoms with Gasteiger partial charge >= 0.3 is 0 Å². The van der Waals surface area contributed by atoms with E-state index in [4.69, 9.17) is 0 Å². The minimum absolute atomic E-state index is 0.639. The van der Waals surface area contributed by atoms with Crippen LogP contribution in [-0.4, -0.2) is 0 Å². The van der Waals surface area contributed by atoms with Gasteiger partial charge in [0, 0.05) is 33.5 Å². The molecule has 0 atom stereocenters. The van der Waals surface area contributed by atoms with Gasteiger partial charge in [-0.2, -0.15) is 5.26 Å². The largest absolute Gasteiger partial charge is 0.310 e. The first-order chi connectivity index (χ1) is 23.2. The molecule has 0 heterocycles. The molecule has 0 aliphatic heterocycles. The monoisotopic (exact) mass is 601 g/mol. The lowest BCUT2D eigenvalue weighted by molar-refractivity contribution is 1.29. The highest BCUT2D eigenvalue weighted by atomic mass is 15.1. The van der Waals surface area contributed by atoms with Crippen molar-refractivity contribution in [1.29, 1.82) is 5.26 Å². The van der Waals surface area contributed by atoms with E-state index in [9.17, 15) is 5.26 Å². The second kappa shape index (κ2) is 11.9. The van der Waals surface area contributed by atoms with E-state index in [-0.39, 0.29) is 0 Å². The first-order valence-corrected chi connectivity index (χ1v) is 15.8. The molecule has 0 radical (unpaired) electrons. The molecule has 0 N–H and O–H groups in total. The summed E-state index contributed by atoms with van der Waals surface area (Å²) in [6.45, 7) is 2.13. The molecule has 0 aromatic heterocycles. The molecule has 0 saturated heterocycles. The molecule has 47 heavy (non-hydrogen) atoms. The number of benzene rings is 8. The number of hydrogen-bond acceptors (Lipinski definition) is 3. The number of hydrogen-bond donors (Lipinski definition) is 0. The van der Waals surface area contributed by atoms with E-state index < -0.39 is 0 Å². The van der Waals surface area contributed by atoms with Crippen LogP contribution in [-0.2, 0) is 0 Å². The van der Waals surface area contributed by atoms with Gasteiger partial charge in [0.1, 0.15) is 0 Å². The van der Waals surface area contributed by atoms with Crippen molar-refractivity contribution in [3.63, 3.8) is 0 Å². The predicted octanol–water partition coefficient (Wildman–Crippen LogP) is 12.3. The van der Waals surface area contributed by atoms with Gasteiger partial charge in [-0.3, -0.25) is 0 Å². The maximum Gasteiger partial charge on any atom is 0.0991 e. The molecule has 0 fully saturated rings. The first-order valence-electron chi connectivity index (χ1n) is 15.8. The van der Waals surface area contributed by atoms with Crippen LogP contribution in [0.25, 0.3) is 32.3 Å². The number of nitriles is 1. The van der Waals surface area contributed by atoms with E-state index in [1.807, 2.05) is 30.3 Å². The fourth-order valence-corrected chi connectivity index (χ4v) is 6.67. The van der Waals surface area contributed by atoms with Crippen LogP contribution in [0.5, 0.6) is 0 Å². The third kappa shape index (κ3) is 5.03. The normalized spacial score (nSPS) is 11.1. The maximum atomic E-state index is 9.51. The van der Waals surface area contributed by atoms with Crippen molar-refractivity contribution in [2.45, 2.75) is 6.92 Å². The SMILES string of the molecule is Cc1ccc(N(c2ccccc2)c2cc3c4ccccc4c(N(c4ccccc4)c4ccc(C#N)cc4)cc3c3ccccc23)cc1. The number of rotatable bonds is 6. The lowest BCUT2D eigenvalue weighted by atomic mass is 9.93. The molecule has 3 heteroatoms. The van der Waals surface area contributed by atoms with Gasteiger partial charge in [0.2, 0.25) is 0 Å². The van der Waals surface area contributed by atoms with Crippen LogP contribution in [0, 0.1) is 18.3 Å². The van der Waals surface area contributed by atoms with E-state index in [0.29, 0.717) is 5.56 Å². The Labute approximate surface area is 274 Å². The molecule has 0 aliphatic carbocycles. The summed E-state index contributed by atoms with van der Waals surface area (Å²) in [7, 11) is 0. The minimum Gasteiger partial charge on any atom is -0.310 e. The number of aryl methyl sites for hydroxylation is 1. The molecule has 0 unspecified atom stereocenters. The molecule has 0 spiro atoms. The highest BCUT2D eigenvalue weighted by Crippen LogP contribution is 2.47. The van der Waals surface area contributed by atoms with Crippen molar-refractivity contribution in [1.82, 2.24) is 0 Å². The Hall–Kier alpha value is -6.37. The molecule has 8 rings (SSSR count). The molecule has 3 nitrogen and oxygen atoms in total. The second-order valence-corrected chi connectivity index (χ2v) is 11.8. The van der Waals surface area contributed by atoms with E-state index in [1.165, 1.54) is 32.5 Å². The smallest absolute Gasteiger partial charge is 0.0991 e. The quantitative estimate of drug-likeness (QED) is 0.178. The van der Waals surface area contributed by atoms with Crippen LogP contribution < -0.4 is 9.80 Å². The molecule has 0 bridgehead atoms. The van der Waals surface area contributed by atoms with E-state index in [1.54, 1.807) is 0 Å². The second-order valence-electron chi connectivity index (χ2n) is 11.8. The third-order valence-corrected chi connectivity index (χ3v) is 8.90. The topological polar surface area (TPSA) is 30.3 Å². The van der Waals surface area contributed by atoms with Crippen LogP contribution >= 0.6 is 0 Å². The highest BCUT2D eigenvalue weighted by molar-refractivity contribution is 6.24. The zero-order valence-corrected chi connectivity index (χ0v) is 26.0. The molecule has 8 aromatic carbocycles. The van der Waals surface area contributed by atoms with Gasteiger partial charge < -0.3 is 9.80 Å². The number of nitrogens with zero attached hydrogens (tertiary/aromatic N) is 3. The maximum absolute atomic E-state index is 9.51. The highest BCUT2D eigenvalue weighted by Gasteiger charge is 2.21. The Bertz CT molecular complexity index is 2410. The number of fused-ring (bicyclic) bond motifs is 5. The molecule has 0 saturated carbocycles. The van der Waals surface area contributed by atoms with E-state index >= 15 is 0 Å². The van der Waals surface area contributed by atoms with Crippen molar-refractivity contribution in [2.75, 3.05) is 9.80 Å². The predicted molar refractivity (Wildman–Crippen MR) is 198 cm³/mol. The van der Waals surface area contributed by atoms with Crippen LogP contribution in [0.3, 0.4) is 0 Å². The fraction of sp³-hybridized carbons (Fsp3) is 0.0227. The first kappa shape index (κ1) is 28.1. The average molecular weight is 602 g/mol. The Kier molecular flexibility index (Phi) is 7.09. The van der Waals surface area contributed by atoms with Crippen molar-refractivity contribution in [3.05, 3.63) is 181 Å². The van der Waals surface area contributed by atoms with Crippen LogP contribution in [0.4, 0.5) is 34.1 Å². The summed E-state index contributed by atoms with van der Waals surface area (Å²) in [4.78, 5) is 4.67. The number of para-hydroxylation sites is 2. The van der Waals surface area contributed by atoms with Gasteiger partial charge in [-0.1, -0.05) is 103 Å². The van der Waals surface area contributed by atoms with Crippen molar-refractivity contribution in [2.24, 2.45) is 0 Å². The van der Waals surface area contributed by atoms with Gasteiger partial charge in [0.05, 0.1) is 23.0 Å². The van der Waals surface area contributed by atoms with Crippen molar-refractivity contribution in [3.8, 4) is 6.07 Å². The molecule has 8 aromatic rings. The molecular formula is C44H31N3. The Morgan fingerprint density at radius 3 is 1.17 bits per heavy atom. The average Bonchev–Trinajstić information content (AvgIpc) is 3.14. The van der Waals surface area contributed by atoms with Crippen LogP contribution in [0.15, 0.2) is 170 Å². The Morgan fingerprint density at radius 1 is 0.383 bits per heavy atom. The lowest BCUT2D eigenvalue weighted by Gasteiger charge is -2.29. The van der Waals surface area contributed by atoms with Gasteiger partial charge in [0.15, 0.2) is 0 Å². The summed E-state index contributed by atoms with van der Waals surface area (Å²) < 4.78 is 0. The zero-order chi connectivity index (χ0) is 31.7. The molecule has 222 valence electrons. The van der Waals surface area contributed by atoms with Gasteiger partial charge in [-0.15, -0.1) is 0 Å². The van der Waals surface area contributed by atoms with Gasteiger partial charge in [0.25, 0.3) is 0 Å². The molecule has 0 aliphatic rings. The fourth-order valence-electron chi connectivity index (χ4n) is 6.67. The van der Waals surface area contributed by atoms with Crippen molar-refractivity contribution < 1.29 is 0 Å². The summed E-state index contributed by atoms with van der Waals surface area (Å²) in [5.74, 6) is 0. The van der Waals surface area contributed by atoms with Crippen LogP contribution in [0.1, 0.15) is 11.1 Å². The van der Waals surface area contributed by atoms with E-state index in [2.05, 4.69) is 162 Å². The summed E-state index contributed by atoms with van der Waals surface area (Å²) >= 11 is 0. The summed E-state index contributed by atoms with van der Waals surface area (Å²) in [6, 6.07) is 62.1. The minimum atomic E-state index is 0.639. The summed E-state index contributed by atoms with van der Waals surface area (Å²) in [5.41, 5.74) is 8.36. The molecule has 0 amide bonds. The zero-order valence-electron chi connectivity index (χ0n) is 26.0.